The van der Waals surface area contributed by atoms with Gasteiger partial charge in [0.05, 0.1) is 0 Å². The number of aromatic nitrogens is 1. The molecule has 1 N–H and O–H groups in total. The Hall–Kier alpha value is -2.40. The lowest BCUT2D eigenvalue weighted by atomic mass is 10.0. The van der Waals surface area contributed by atoms with Gasteiger partial charge in [0.15, 0.2) is 11.5 Å². The van der Waals surface area contributed by atoms with Gasteiger partial charge in [0, 0.05) is 21.8 Å². The molecule has 5 heteroatoms. The van der Waals surface area contributed by atoms with Gasteiger partial charge in [-0.05, 0) is 49.2 Å². The van der Waals surface area contributed by atoms with Crippen molar-refractivity contribution in [2.24, 2.45) is 0 Å². The Kier molecular flexibility index (Phi) is 4.30. The maximum absolute atomic E-state index is 12.2. The summed E-state index contributed by atoms with van der Waals surface area (Å²) in [7, 11) is 0. The molecule has 0 aliphatic carbocycles. The minimum Gasteiger partial charge on any atom is -0.355 e. The molecule has 3 aromatic rings. The summed E-state index contributed by atoms with van der Waals surface area (Å²) in [4.78, 5) is 12.2. The van der Waals surface area contributed by atoms with Crippen LogP contribution in [0.5, 0.6) is 0 Å². The lowest BCUT2D eigenvalue weighted by Gasteiger charge is -2.02. The predicted molar refractivity (Wildman–Crippen MR) is 93.5 cm³/mol. The number of carbonyl (C=O) groups excluding carboxylic acids is 1. The monoisotopic (exact) mass is 370 g/mol. The second-order valence-corrected chi connectivity index (χ2v) is 6.26. The van der Waals surface area contributed by atoms with Crippen molar-refractivity contribution < 1.29 is 9.32 Å². The van der Waals surface area contributed by atoms with E-state index in [1.807, 2.05) is 49.4 Å². The molecule has 4 nitrogen and oxygen atoms in total. The summed E-state index contributed by atoms with van der Waals surface area (Å²) in [5.74, 6) is 0.273. The summed E-state index contributed by atoms with van der Waals surface area (Å²) in [6, 6.07) is 15.0. The van der Waals surface area contributed by atoms with Crippen LogP contribution in [0.15, 0.2) is 57.5 Å². The van der Waals surface area contributed by atoms with Crippen molar-refractivity contribution in [3.63, 3.8) is 0 Å². The standard InChI is InChI=1S/C18H15BrN2O2/c1-11-6-7-13(8-12(11)2)17-10-16(21-23-17)18(22)20-15-5-3-4-14(19)9-15/h3-10H,1-2H3,(H,20,22). The maximum atomic E-state index is 12.2. The molecule has 0 radical (unpaired) electrons. The largest absolute Gasteiger partial charge is 0.355 e. The van der Waals surface area contributed by atoms with Gasteiger partial charge >= 0.3 is 0 Å². The van der Waals surface area contributed by atoms with Crippen LogP contribution in [-0.4, -0.2) is 11.1 Å². The zero-order valence-electron chi connectivity index (χ0n) is 12.8. The Morgan fingerprint density at radius 2 is 1.91 bits per heavy atom. The van der Waals surface area contributed by atoms with E-state index in [1.54, 1.807) is 6.07 Å². The summed E-state index contributed by atoms with van der Waals surface area (Å²) in [5, 5.41) is 6.66. The van der Waals surface area contributed by atoms with Crippen LogP contribution in [0.3, 0.4) is 0 Å². The first-order chi connectivity index (χ1) is 11.0. The number of rotatable bonds is 3. The van der Waals surface area contributed by atoms with E-state index < -0.39 is 0 Å². The second-order valence-electron chi connectivity index (χ2n) is 5.34. The third-order valence-corrected chi connectivity index (χ3v) is 4.11. The number of hydrogen-bond acceptors (Lipinski definition) is 3. The molecule has 0 spiro atoms. The van der Waals surface area contributed by atoms with Gasteiger partial charge in [-0.3, -0.25) is 4.79 Å². The highest BCUT2D eigenvalue weighted by molar-refractivity contribution is 9.10. The first-order valence-electron chi connectivity index (χ1n) is 7.14. The molecule has 0 saturated carbocycles. The molecule has 0 bridgehead atoms. The average molecular weight is 371 g/mol. The van der Waals surface area contributed by atoms with Crippen LogP contribution in [-0.2, 0) is 0 Å². The molecule has 0 unspecified atom stereocenters. The number of nitrogens with one attached hydrogen (secondary N) is 1. The molecule has 1 amide bonds. The fourth-order valence-electron chi connectivity index (χ4n) is 2.17. The molecule has 0 atom stereocenters. The molecular weight excluding hydrogens is 356 g/mol. The lowest BCUT2D eigenvalue weighted by molar-refractivity contribution is 0.101. The molecule has 116 valence electrons. The first-order valence-corrected chi connectivity index (χ1v) is 7.93. The van der Waals surface area contributed by atoms with E-state index in [9.17, 15) is 4.79 Å². The number of anilines is 1. The number of hydrogen-bond donors (Lipinski definition) is 1. The normalized spacial score (nSPS) is 10.6. The van der Waals surface area contributed by atoms with Crippen LogP contribution in [0.1, 0.15) is 21.6 Å². The summed E-state index contributed by atoms with van der Waals surface area (Å²) in [6.07, 6.45) is 0. The Morgan fingerprint density at radius 1 is 1.09 bits per heavy atom. The molecule has 0 aliphatic rings. The van der Waals surface area contributed by atoms with Gasteiger partial charge in [-0.2, -0.15) is 0 Å². The van der Waals surface area contributed by atoms with Gasteiger partial charge in [0.1, 0.15) is 0 Å². The highest BCUT2D eigenvalue weighted by Crippen LogP contribution is 2.23. The van der Waals surface area contributed by atoms with Gasteiger partial charge < -0.3 is 9.84 Å². The molecule has 1 heterocycles. The molecule has 0 aliphatic heterocycles. The molecular formula is C18H15BrN2O2. The number of aryl methyl sites for hydroxylation is 2. The van der Waals surface area contributed by atoms with Crippen molar-refractivity contribution in [1.82, 2.24) is 5.16 Å². The molecule has 2 aromatic carbocycles. The maximum Gasteiger partial charge on any atom is 0.277 e. The topological polar surface area (TPSA) is 55.1 Å². The van der Waals surface area contributed by atoms with E-state index in [4.69, 9.17) is 4.52 Å². The van der Waals surface area contributed by atoms with Gasteiger partial charge in [-0.15, -0.1) is 0 Å². The van der Waals surface area contributed by atoms with E-state index in [-0.39, 0.29) is 11.6 Å². The van der Waals surface area contributed by atoms with Crippen LogP contribution >= 0.6 is 15.9 Å². The Balaban J connectivity index is 1.81. The smallest absolute Gasteiger partial charge is 0.277 e. The van der Waals surface area contributed by atoms with Crippen LogP contribution in [0.2, 0.25) is 0 Å². The van der Waals surface area contributed by atoms with Crippen molar-refractivity contribution in [1.29, 1.82) is 0 Å². The summed E-state index contributed by atoms with van der Waals surface area (Å²) in [5.41, 5.74) is 4.22. The van der Waals surface area contributed by atoms with Gasteiger partial charge in [0.25, 0.3) is 5.91 Å². The number of carbonyl (C=O) groups is 1. The van der Waals surface area contributed by atoms with E-state index in [0.717, 1.165) is 10.0 Å². The zero-order chi connectivity index (χ0) is 16.4. The van der Waals surface area contributed by atoms with Crippen molar-refractivity contribution in [2.45, 2.75) is 13.8 Å². The number of nitrogens with zero attached hydrogens (tertiary/aromatic N) is 1. The van der Waals surface area contributed by atoms with Crippen molar-refractivity contribution in [3.05, 3.63) is 69.8 Å². The quantitative estimate of drug-likeness (QED) is 0.707. The summed E-state index contributed by atoms with van der Waals surface area (Å²) in [6.45, 7) is 4.09. The van der Waals surface area contributed by atoms with Crippen molar-refractivity contribution in [2.75, 3.05) is 5.32 Å². The summed E-state index contributed by atoms with van der Waals surface area (Å²) < 4.78 is 6.20. The fraction of sp³-hybridized carbons (Fsp3) is 0.111. The number of benzene rings is 2. The van der Waals surface area contributed by atoms with Gasteiger partial charge in [-0.25, -0.2) is 0 Å². The lowest BCUT2D eigenvalue weighted by Crippen LogP contribution is -2.11. The van der Waals surface area contributed by atoms with E-state index in [2.05, 4.69) is 33.3 Å². The predicted octanol–water partition coefficient (Wildman–Crippen LogP) is 4.97. The molecule has 23 heavy (non-hydrogen) atoms. The Labute approximate surface area is 142 Å². The van der Waals surface area contributed by atoms with E-state index >= 15 is 0 Å². The molecule has 3 rings (SSSR count). The molecule has 0 fully saturated rings. The summed E-state index contributed by atoms with van der Waals surface area (Å²) >= 11 is 3.37. The van der Waals surface area contributed by atoms with Crippen LogP contribution < -0.4 is 5.32 Å². The number of amides is 1. The highest BCUT2D eigenvalue weighted by atomic mass is 79.9. The Bertz CT molecular complexity index is 871. The van der Waals surface area contributed by atoms with Crippen LogP contribution in [0.25, 0.3) is 11.3 Å². The van der Waals surface area contributed by atoms with Crippen molar-refractivity contribution >= 4 is 27.5 Å². The minimum absolute atomic E-state index is 0.248. The van der Waals surface area contributed by atoms with Crippen LogP contribution in [0.4, 0.5) is 5.69 Å². The van der Waals surface area contributed by atoms with Crippen LogP contribution in [0, 0.1) is 13.8 Å². The SMILES string of the molecule is Cc1ccc(-c2cc(C(=O)Nc3cccc(Br)c3)no2)cc1C. The van der Waals surface area contributed by atoms with E-state index in [1.165, 1.54) is 11.1 Å². The third kappa shape index (κ3) is 3.51. The first kappa shape index (κ1) is 15.5. The second kappa shape index (κ2) is 6.38. The highest BCUT2D eigenvalue weighted by Gasteiger charge is 2.14. The fourth-order valence-corrected chi connectivity index (χ4v) is 2.57. The van der Waals surface area contributed by atoms with E-state index in [0.29, 0.717) is 11.4 Å². The zero-order valence-corrected chi connectivity index (χ0v) is 14.3. The average Bonchev–Trinajstić information content (AvgIpc) is 3.00. The third-order valence-electron chi connectivity index (χ3n) is 3.62. The molecule has 0 saturated heterocycles. The van der Waals surface area contributed by atoms with Gasteiger partial charge in [0.2, 0.25) is 0 Å². The van der Waals surface area contributed by atoms with Gasteiger partial charge in [-0.1, -0.05) is 39.3 Å². The number of halogens is 1. The Morgan fingerprint density at radius 3 is 2.65 bits per heavy atom. The molecule has 1 aromatic heterocycles. The van der Waals surface area contributed by atoms with Crippen molar-refractivity contribution in [3.8, 4) is 11.3 Å². The minimum atomic E-state index is -0.304.